The molecule has 0 aliphatic heterocycles. The zero-order valence-electron chi connectivity index (χ0n) is 50.6. The van der Waals surface area contributed by atoms with E-state index < -0.39 is 0 Å². The molecule has 466 valence electrons. The van der Waals surface area contributed by atoms with Crippen molar-refractivity contribution in [2.45, 2.75) is 74.7 Å². The van der Waals surface area contributed by atoms with Crippen molar-refractivity contribution in [1.82, 2.24) is 0 Å². The molecule has 0 aliphatic rings. The van der Waals surface area contributed by atoms with Crippen LogP contribution >= 0.6 is 102 Å². The maximum Gasteiger partial charge on any atom is 0.193 e. The molecule has 11 unspecified atom stereocenters. The Hall–Kier alpha value is -4.67. The lowest BCUT2D eigenvalue weighted by atomic mass is 9.99. The van der Waals surface area contributed by atoms with Crippen LogP contribution in [0.5, 0.6) is 0 Å². The summed E-state index contributed by atoms with van der Waals surface area (Å²) in [6.45, 7) is 2.04. The van der Waals surface area contributed by atoms with E-state index in [2.05, 4.69) is 187 Å². The van der Waals surface area contributed by atoms with E-state index >= 15 is 0 Å². The fourth-order valence-corrected chi connectivity index (χ4v) is 13.5. The molecule has 8 aromatic carbocycles. The minimum absolute atomic E-state index is 0.0177. The molecule has 0 bridgehead atoms. The standard InChI is InChI=1S/3C18H19O2P3.C18H18O2P2/c19-15-7-16(13-3-1-11(8-21)2-4-13)20-17-6-12(9-22)5-14(10-23)18(15)17;19-16-7-15(10-23)20-17-6-13(5-14(9-22)18(16)17)12-3-1-11(8-21)2-4-12;19-17-7-15(10-23)20-18-14(9-22)5-13(6-16(17)18)12-3-1-11(8-21)2-4-12;1-11-2-4-13(5-3-11)16-8-15(19)18-14(10-22)6-12(9-21)7-17(18)20-16/h3*1-7H,8-10,21-23H2;2-8H,9-10,21-22H2,1H3. The van der Waals surface area contributed by atoms with Crippen molar-refractivity contribution in [3.05, 3.63) is 278 Å². The van der Waals surface area contributed by atoms with Gasteiger partial charge < -0.3 is 17.7 Å². The molecule has 0 amide bonds. The van der Waals surface area contributed by atoms with E-state index in [0.717, 1.165) is 122 Å². The molecule has 4 heterocycles. The summed E-state index contributed by atoms with van der Waals surface area (Å²) < 4.78 is 23.9. The Kier molecular flexibility index (Phi) is 26.1. The lowest BCUT2D eigenvalue weighted by Gasteiger charge is -2.10. The van der Waals surface area contributed by atoms with Gasteiger partial charge in [0.05, 0.1) is 21.5 Å². The highest BCUT2D eigenvalue weighted by atomic mass is 31.0. The first-order valence-electron chi connectivity index (χ1n) is 29.5. The van der Waals surface area contributed by atoms with Crippen molar-refractivity contribution in [2.75, 3.05) is 0 Å². The van der Waals surface area contributed by atoms with Crippen LogP contribution in [0.2, 0.25) is 0 Å². The summed E-state index contributed by atoms with van der Waals surface area (Å²) >= 11 is 0. The van der Waals surface area contributed by atoms with Gasteiger partial charge in [-0.1, -0.05) is 115 Å². The van der Waals surface area contributed by atoms with Crippen LogP contribution in [0, 0.1) is 6.92 Å². The van der Waals surface area contributed by atoms with Gasteiger partial charge in [-0.2, -0.15) is 0 Å². The van der Waals surface area contributed by atoms with Crippen molar-refractivity contribution in [3.8, 4) is 44.9 Å². The molecule has 19 heteroatoms. The molecule has 0 spiro atoms. The number of hydrogen-bond acceptors (Lipinski definition) is 8. The van der Waals surface area contributed by atoms with E-state index in [1.165, 1.54) is 22.3 Å². The average Bonchev–Trinajstić information content (AvgIpc) is 0.847. The maximum absolute atomic E-state index is 12.6. The summed E-state index contributed by atoms with van der Waals surface area (Å²) in [6, 6.07) is 55.6. The average molecular weight is 1410 g/mol. The lowest BCUT2D eigenvalue weighted by Crippen LogP contribution is -2.04. The van der Waals surface area contributed by atoms with Crippen molar-refractivity contribution in [2.24, 2.45) is 0 Å². The molecular formula is C72H75O8P11. The fraction of sp³-hybridized carbons (Fsp3) is 0.167. The van der Waals surface area contributed by atoms with Crippen LogP contribution in [0.15, 0.2) is 207 Å². The fourth-order valence-electron chi connectivity index (χ4n) is 10.5. The third-order valence-corrected chi connectivity index (χ3v) is 20.4. The second-order valence-electron chi connectivity index (χ2n) is 21.6. The Labute approximate surface area is 556 Å². The Morgan fingerprint density at radius 2 is 0.626 bits per heavy atom. The quantitative estimate of drug-likeness (QED) is 0.0931. The number of rotatable bonds is 15. The Morgan fingerprint density at radius 3 is 1.04 bits per heavy atom. The smallest absolute Gasteiger partial charge is 0.193 e. The highest BCUT2D eigenvalue weighted by Gasteiger charge is 2.16. The van der Waals surface area contributed by atoms with Crippen LogP contribution in [0.4, 0.5) is 0 Å². The van der Waals surface area contributed by atoms with Crippen LogP contribution in [0.3, 0.4) is 0 Å². The second kappa shape index (κ2) is 33.6. The minimum atomic E-state index is 0.0177. The van der Waals surface area contributed by atoms with Crippen molar-refractivity contribution >= 4 is 146 Å². The number of fused-ring (bicyclic) bond motifs is 4. The highest BCUT2D eigenvalue weighted by molar-refractivity contribution is 7.17. The van der Waals surface area contributed by atoms with Crippen LogP contribution in [-0.4, -0.2) is 0 Å². The number of benzene rings is 8. The molecule has 0 N–H and O–H groups in total. The Balaban J connectivity index is 0.000000144. The Bertz CT molecular complexity index is 4780. The van der Waals surface area contributed by atoms with Gasteiger partial charge in [-0.25, -0.2) is 0 Å². The molecule has 8 nitrogen and oxygen atoms in total. The molecule has 11 atom stereocenters. The predicted molar refractivity (Wildman–Crippen MR) is 424 cm³/mol. The van der Waals surface area contributed by atoms with Gasteiger partial charge in [0.2, 0.25) is 0 Å². The molecular weight excluding hydrogens is 1330 g/mol. The van der Waals surface area contributed by atoms with Gasteiger partial charge in [0, 0.05) is 47.7 Å². The van der Waals surface area contributed by atoms with E-state index in [-0.39, 0.29) is 21.7 Å². The molecule has 0 saturated heterocycles. The lowest BCUT2D eigenvalue weighted by molar-refractivity contribution is 0.557. The molecule has 0 fully saturated rings. The molecule has 91 heavy (non-hydrogen) atoms. The normalized spacial score (nSPS) is 11.1. The summed E-state index contributed by atoms with van der Waals surface area (Å²) in [5.41, 5.74) is 20.4. The van der Waals surface area contributed by atoms with E-state index in [9.17, 15) is 19.2 Å². The minimum Gasteiger partial charge on any atom is -0.460 e. The summed E-state index contributed by atoms with van der Waals surface area (Å²) in [5, 5.41) is 2.71. The topological polar surface area (TPSA) is 121 Å². The van der Waals surface area contributed by atoms with Crippen LogP contribution in [0.1, 0.15) is 67.2 Å². The maximum atomic E-state index is 12.6. The highest BCUT2D eigenvalue weighted by Crippen LogP contribution is 2.33. The van der Waals surface area contributed by atoms with E-state index in [0.29, 0.717) is 79.2 Å². The third-order valence-electron chi connectivity index (χ3n) is 15.5. The van der Waals surface area contributed by atoms with Gasteiger partial charge in [-0.3, -0.25) is 19.2 Å². The van der Waals surface area contributed by atoms with E-state index in [1.807, 2.05) is 67.6 Å². The van der Waals surface area contributed by atoms with Crippen LogP contribution in [0.25, 0.3) is 88.8 Å². The summed E-state index contributed by atoms with van der Waals surface area (Å²) in [5.74, 6) is 2.63. The van der Waals surface area contributed by atoms with Gasteiger partial charge in [-0.05, 0) is 171 Å². The molecule has 12 rings (SSSR count). The van der Waals surface area contributed by atoms with E-state index in [1.54, 1.807) is 24.3 Å². The predicted octanol–water partition coefficient (Wildman–Crippen LogP) is 18.3. The van der Waals surface area contributed by atoms with Crippen LogP contribution < -0.4 is 21.7 Å². The monoisotopic (exact) mass is 1410 g/mol. The molecule has 4 aromatic heterocycles. The van der Waals surface area contributed by atoms with Crippen molar-refractivity contribution < 1.29 is 17.7 Å². The molecule has 0 aliphatic carbocycles. The van der Waals surface area contributed by atoms with Gasteiger partial charge in [-0.15, -0.1) is 102 Å². The van der Waals surface area contributed by atoms with Gasteiger partial charge in [0.25, 0.3) is 0 Å². The number of hydrogen-bond donors (Lipinski definition) is 0. The SMILES string of the molecule is Cc1ccc(-c2cc(=O)c3c(CP)cc(CP)cc3o2)cc1.O=c1cc(-c2ccc(CP)cc2)oc2cc(CP)cc(CP)c12.O=c1cc(CP)oc2c(CP)cc(-c3ccc(CP)cc3)cc12.O=c1cc(CP)oc2cc(-c3ccc(CP)cc3)cc(CP)c12. The largest absolute Gasteiger partial charge is 0.460 e. The zero-order chi connectivity index (χ0) is 64.9. The van der Waals surface area contributed by atoms with E-state index in [4.69, 9.17) is 17.7 Å². The van der Waals surface area contributed by atoms with Crippen molar-refractivity contribution in [1.29, 1.82) is 0 Å². The Morgan fingerprint density at radius 1 is 0.275 bits per heavy atom. The molecule has 0 radical (unpaired) electrons. The first-order chi connectivity index (χ1) is 44.1. The molecule has 12 aromatic rings. The number of aryl methyl sites for hydroxylation is 1. The zero-order valence-corrected chi connectivity index (χ0v) is 63.3. The second-order valence-corrected chi connectivity index (χ2v) is 26.1. The van der Waals surface area contributed by atoms with Gasteiger partial charge in [0.15, 0.2) is 21.7 Å². The van der Waals surface area contributed by atoms with Gasteiger partial charge in [0.1, 0.15) is 45.4 Å². The van der Waals surface area contributed by atoms with Gasteiger partial charge >= 0.3 is 0 Å². The van der Waals surface area contributed by atoms with Crippen LogP contribution in [-0.2, 0) is 67.8 Å². The first-order valence-corrected chi connectivity index (χ1v) is 38.5. The summed E-state index contributed by atoms with van der Waals surface area (Å²) in [4.78, 5) is 50.0. The summed E-state index contributed by atoms with van der Waals surface area (Å²) in [7, 11) is 29.6. The third kappa shape index (κ3) is 17.3. The first kappa shape index (κ1) is 70.6. The molecule has 0 saturated carbocycles. The van der Waals surface area contributed by atoms with Crippen molar-refractivity contribution in [3.63, 3.8) is 0 Å². The summed E-state index contributed by atoms with van der Waals surface area (Å²) in [6.07, 6.45) is 8.70.